The van der Waals surface area contributed by atoms with Crippen molar-refractivity contribution >= 4 is 6.08 Å². The number of unbranched alkanes of at least 4 members (excludes halogenated alkanes) is 2. The van der Waals surface area contributed by atoms with E-state index in [0.29, 0.717) is 18.1 Å². The van der Waals surface area contributed by atoms with Gasteiger partial charge in [0.15, 0.2) is 0 Å². The highest BCUT2D eigenvalue weighted by Gasteiger charge is 2.23. The molecule has 2 rings (SSSR count). The summed E-state index contributed by atoms with van der Waals surface area (Å²) in [5.41, 5.74) is 0.852. The normalized spacial score (nSPS) is 21.2. The summed E-state index contributed by atoms with van der Waals surface area (Å²) in [7, 11) is 0. The fraction of sp³-hybridized carbons (Fsp3) is 0.579. The molecule has 0 unspecified atom stereocenters. The Morgan fingerprint density at radius 2 is 1.91 bits per heavy atom. The van der Waals surface area contributed by atoms with Gasteiger partial charge in [-0.1, -0.05) is 31.9 Å². The lowest BCUT2D eigenvalue weighted by Crippen LogP contribution is -2.21. The molecule has 0 heterocycles. The monoisotopic (exact) mass is 326 g/mol. The van der Waals surface area contributed by atoms with Gasteiger partial charge in [0.1, 0.15) is 5.82 Å². The molecule has 1 nitrogen and oxygen atoms in total. The Balaban J connectivity index is 1.85. The van der Waals surface area contributed by atoms with Crippen molar-refractivity contribution in [1.29, 1.82) is 0 Å². The number of halogens is 3. The molecule has 0 aliphatic heterocycles. The van der Waals surface area contributed by atoms with Gasteiger partial charge in [0.25, 0.3) is 6.08 Å². The quantitative estimate of drug-likeness (QED) is 0.535. The molecule has 1 aliphatic carbocycles. The van der Waals surface area contributed by atoms with Gasteiger partial charge in [-0.15, -0.1) is 0 Å². The first kappa shape index (κ1) is 18.1. The van der Waals surface area contributed by atoms with Crippen LogP contribution in [0, 0.1) is 5.82 Å². The summed E-state index contributed by atoms with van der Waals surface area (Å²) in [5.74, 6) is -0.276. The highest BCUT2D eigenvalue weighted by Crippen LogP contribution is 2.35. The molecule has 0 spiro atoms. The summed E-state index contributed by atoms with van der Waals surface area (Å²) in [6, 6.07) is 4.62. The first-order chi connectivity index (χ1) is 11.1. The topological polar surface area (TPSA) is 9.23 Å². The molecule has 0 atom stereocenters. The summed E-state index contributed by atoms with van der Waals surface area (Å²) in [4.78, 5) is 0. The van der Waals surface area contributed by atoms with Gasteiger partial charge in [-0.3, -0.25) is 0 Å². The molecule has 1 aromatic rings. The maximum Gasteiger partial charge on any atom is 0.271 e. The Morgan fingerprint density at radius 1 is 1.17 bits per heavy atom. The van der Waals surface area contributed by atoms with Crippen molar-refractivity contribution < 1.29 is 17.9 Å². The Labute approximate surface area is 136 Å². The van der Waals surface area contributed by atoms with Crippen molar-refractivity contribution in [3.8, 4) is 0 Å². The van der Waals surface area contributed by atoms with Crippen LogP contribution in [0.2, 0.25) is 0 Å². The van der Waals surface area contributed by atoms with Crippen LogP contribution in [0.25, 0.3) is 6.08 Å². The van der Waals surface area contributed by atoms with Crippen LogP contribution < -0.4 is 0 Å². The average molecular weight is 326 g/mol. The lowest BCUT2D eigenvalue weighted by atomic mass is 9.82. The van der Waals surface area contributed by atoms with Crippen molar-refractivity contribution in [3.63, 3.8) is 0 Å². The van der Waals surface area contributed by atoms with Gasteiger partial charge >= 0.3 is 0 Å². The zero-order valence-electron chi connectivity index (χ0n) is 13.7. The van der Waals surface area contributed by atoms with Crippen LogP contribution in [-0.2, 0) is 4.74 Å². The second-order valence-corrected chi connectivity index (χ2v) is 6.27. The average Bonchev–Trinajstić information content (AvgIpc) is 2.54. The zero-order valence-corrected chi connectivity index (χ0v) is 13.7. The predicted octanol–water partition coefficient (Wildman–Crippen LogP) is 6.30. The summed E-state index contributed by atoms with van der Waals surface area (Å²) >= 11 is 0. The molecule has 0 saturated heterocycles. The van der Waals surface area contributed by atoms with Gasteiger partial charge in [0, 0.05) is 18.2 Å². The van der Waals surface area contributed by atoms with Gasteiger partial charge in [0.05, 0.1) is 6.10 Å². The van der Waals surface area contributed by atoms with Crippen LogP contribution >= 0.6 is 0 Å². The van der Waals surface area contributed by atoms with E-state index in [4.69, 9.17) is 4.74 Å². The van der Waals surface area contributed by atoms with Gasteiger partial charge in [0.2, 0.25) is 0 Å². The molecular weight excluding hydrogens is 301 g/mol. The maximum absolute atomic E-state index is 13.9. The fourth-order valence-corrected chi connectivity index (χ4v) is 3.20. The molecule has 1 aliphatic rings. The van der Waals surface area contributed by atoms with Gasteiger partial charge in [-0.25, -0.2) is 4.39 Å². The highest BCUT2D eigenvalue weighted by atomic mass is 19.3. The van der Waals surface area contributed by atoms with E-state index < -0.39 is 11.9 Å². The van der Waals surface area contributed by atoms with Crippen LogP contribution in [0.1, 0.15) is 68.9 Å². The van der Waals surface area contributed by atoms with Crippen LogP contribution in [0.5, 0.6) is 0 Å². The third kappa shape index (κ3) is 5.69. The van der Waals surface area contributed by atoms with Crippen molar-refractivity contribution in [2.75, 3.05) is 6.61 Å². The summed E-state index contributed by atoms with van der Waals surface area (Å²) < 4.78 is 44.2. The number of hydrogen-bond acceptors (Lipinski definition) is 1. The molecule has 23 heavy (non-hydrogen) atoms. The Morgan fingerprint density at radius 3 is 2.52 bits per heavy atom. The molecule has 0 aromatic heterocycles. The van der Waals surface area contributed by atoms with E-state index in [1.807, 2.05) is 0 Å². The van der Waals surface area contributed by atoms with E-state index >= 15 is 0 Å². The minimum Gasteiger partial charge on any atom is -0.378 e. The van der Waals surface area contributed by atoms with Crippen LogP contribution in [0.15, 0.2) is 24.3 Å². The largest absolute Gasteiger partial charge is 0.378 e. The fourth-order valence-electron chi connectivity index (χ4n) is 3.20. The van der Waals surface area contributed by atoms with Crippen molar-refractivity contribution in [1.82, 2.24) is 0 Å². The molecule has 0 radical (unpaired) electrons. The Bertz CT molecular complexity index is 515. The van der Waals surface area contributed by atoms with E-state index in [1.54, 1.807) is 6.07 Å². The molecule has 4 heteroatoms. The van der Waals surface area contributed by atoms with E-state index in [2.05, 4.69) is 6.92 Å². The molecular formula is C19H25F3O. The second-order valence-electron chi connectivity index (χ2n) is 6.27. The number of ether oxygens (including phenoxy) is 1. The molecule has 1 fully saturated rings. The lowest BCUT2D eigenvalue weighted by molar-refractivity contribution is 0.0227. The Hall–Kier alpha value is -1.29. The minimum atomic E-state index is -1.88. The maximum atomic E-state index is 13.9. The summed E-state index contributed by atoms with van der Waals surface area (Å²) in [5, 5.41) is 0. The third-order valence-corrected chi connectivity index (χ3v) is 4.54. The number of rotatable bonds is 7. The first-order valence-electron chi connectivity index (χ1n) is 8.54. The van der Waals surface area contributed by atoms with Crippen LogP contribution in [-0.4, -0.2) is 12.7 Å². The summed E-state index contributed by atoms with van der Waals surface area (Å²) in [6.45, 7) is 3.00. The van der Waals surface area contributed by atoms with E-state index in [-0.39, 0.29) is 5.56 Å². The van der Waals surface area contributed by atoms with E-state index in [9.17, 15) is 13.2 Å². The van der Waals surface area contributed by atoms with E-state index in [1.165, 1.54) is 25.0 Å². The standard InChI is InChI=1S/C19H25F3O/c1-2-3-4-11-23-17-9-7-14(8-10-17)15-5-6-16(13-19(21)22)18(20)12-15/h5-6,12-14,17H,2-4,7-11H2,1H3/t14-,17-. The van der Waals surface area contributed by atoms with Gasteiger partial charge in [-0.05, 0) is 49.7 Å². The zero-order chi connectivity index (χ0) is 16.7. The first-order valence-corrected chi connectivity index (χ1v) is 8.54. The molecule has 0 amide bonds. The minimum absolute atomic E-state index is 0.0540. The number of benzene rings is 1. The summed E-state index contributed by atoms with van der Waals surface area (Å²) in [6.07, 6.45) is 6.41. The van der Waals surface area contributed by atoms with E-state index in [0.717, 1.165) is 44.3 Å². The molecule has 1 aromatic carbocycles. The lowest BCUT2D eigenvalue weighted by Gasteiger charge is -2.29. The smallest absolute Gasteiger partial charge is 0.271 e. The highest BCUT2D eigenvalue weighted by molar-refractivity contribution is 5.51. The number of hydrogen-bond donors (Lipinski definition) is 0. The van der Waals surface area contributed by atoms with Crippen molar-refractivity contribution in [2.24, 2.45) is 0 Å². The van der Waals surface area contributed by atoms with Crippen molar-refractivity contribution in [2.45, 2.75) is 63.9 Å². The van der Waals surface area contributed by atoms with Crippen LogP contribution in [0.3, 0.4) is 0 Å². The molecule has 128 valence electrons. The SMILES string of the molecule is CCCCCO[C@H]1CC[C@H](c2ccc(C=C(F)F)c(F)c2)CC1. The molecule has 0 bridgehead atoms. The van der Waals surface area contributed by atoms with Gasteiger partial charge < -0.3 is 4.74 Å². The van der Waals surface area contributed by atoms with Gasteiger partial charge in [-0.2, -0.15) is 8.78 Å². The third-order valence-electron chi connectivity index (χ3n) is 4.54. The molecule has 1 saturated carbocycles. The molecule has 0 N–H and O–H groups in total. The predicted molar refractivity (Wildman–Crippen MR) is 87.1 cm³/mol. The van der Waals surface area contributed by atoms with Crippen molar-refractivity contribution in [3.05, 3.63) is 41.2 Å². The van der Waals surface area contributed by atoms with Crippen LogP contribution in [0.4, 0.5) is 13.2 Å². The second kappa shape index (κ2) is 9.11. The Kier molecular flexibility index (Phi) is 7.15.